The Labute approximate surface area is 235 Å². The van der Waals surface area contributed by atoms with Gasteiger partial charge in [-0.1, -0.05) is 54.1 Å². The molecule has 2 amide bonds. The van der Waals surface area contributed by atoms with E-state index in [0.29, 0.717) is 0 Å². The van der Waals surface area contributed by atoms with Crippen LogP contribution in [0.5, 0.6) is 5.75 Å². The average molecular weight is 572 g/mol. The van der Waals surface area contributed by atoms with Crippen LogP contribution in [0.4, 0.5) is 5.69 Å². The summed E-state index contributed by atoms with van der Waals surface area (Å²) in [6, 6.07) is 18.9. The van der Waals surface area contributed by atoms with Crippen LogP contribution in [0.2, 0.25) is 5.02 Å². The molecule has 0 aliphatic carbocycles. The molecule has 8 nitrogen and oxygen atoms in total. The first-order chi connectivity index (χ1) is 18.4. The van der Waals surface area contributed by atoms with Crippen molar-refractivity contribution in [1.29, 1.82) is 0 Å². The molecule has 0 aromatic heterocycles. The maximum Gasteiger partial charge on any atom is 0.264 e. The van der Waals surface area contributed by atoms with Crippen molar-refractivity contribution in [3.63, 3.8) is 0 Å². The Hall–Kier alpha value is -3.56. The Morgan fingerprint density at radius 2 is 1.62 bits per heavy atom. The molecule has 0 heterocycles. The maximum absolute atomic E-state index is 14.0. The van der Waals surface area contributed by atoms with Crippen molar-refractivity contribution in [3.05, 3.63) is 88.9 Å². The molecule has 0 fully saturated rings. The van der Waals surface area contributed by atoms with Crippen molar-refractivity contribution < 1.29 is 22.7 Å². The highest BCUT2D eigenvalue weighted by Gasteiger charge is 2.34. The number of benzene rings is 3. The minimum atomic E-state index is -4.23. The third kappa shape index (κ3) is 7.30. The van der Waals surface area contributed by atoms with Gasteiger partial charge in [0.05, 0.1) is 17.7 Å². The van der Waals surface area contributed by atoms with E-state index in [-0.39, 0.29) is 39.8 Å². The normalized spacial score (nSPS) is 12.1. The molecule has 208 valence electrons. The van der Waals surface area contributed by atoms with Crippen LogP contribution < -0.4 is 14.4 Å². The average Bonchev–Trinajstić information content (AvgIpc) is 2.90. The van der Waals surface area contributed by atoms with Crippen LogP contribution in [-0.4, -0.2) is 50.9 Å². The topological polar surface area (TPSA) is 96.0 Å². The lowest BCUT2D eigenvalue weighted by Gasteiger charge is -2.33. The van der Waals surface area contributed by atoms with Crippen LogP contribution in [0.1, 0.15) is 31.9 Å². The Morgan fingerprint density at radius 3 is 2.23 bits per heavy atom. The highest BCUT2D eigenvalue weighted by Crippen LogP contribution is 2.35. The molecule has 0 spiro atoms. The molecule has 10 heteroatoms. The number of nitrogens with one attached hydrogen (secondary N) is 1. The molecule has 0 aliphatic heterocycles. The fourth-order valence-electron chi connectivity index (χ4n) is 4.05. The van der Waals surface area contributed by atoms with Crippen molar-refractivity contribution >= 4 is 39.1 Å². The number of ether oxygens (including phenoxy) is 1. The largest absolute Gasteiger partial charge is 0.495 e. The molecule has 0 aliphatic rings. The number of nitrogens with zero attached hydrogens (tertiary/aromatic N) is 2. The second kappa shape index (κ2) is 13.0. The summed E-state index contributed by atoms with van der Waals surface area (Å²) in [5.41, 5.74) is 1.89. The van der Waals surface area contributed by atoms with Gasteiger partial charge >= 0.3 is 0 Å². The lowest BCUT2D eigenvalue weighted by atomic mass is 10.1. The zero-order valence-electron chi connectivity index (χ0n) is 22.7. The number of halogens is 1. The Morgan fingerprint density at radius 1 is 0.974 bits per heavy atom. The van der Waals surface area contributed by atoms with E-state index in [1.54, 1.807) is 37.3 Å². The third-order valence-corrected chi connectivity index (χ3v) is 8.23. The molecule has 3 aromatic carbocycles. The molecule has 0 saturated heterocycles. The standard InChI is InChI=1S/C29H34ClN3O5S/c1-20(2)31-29(35)22(4)32(18-23-12-10-9-11-21(23)3)28(34)19-33(26-17-24(30)15-16-27(26)38-5)39(36,37)25-13-7-6-8-14-25/h6-17,20,22H,18-19H2,1-5H3,(H,31,35)/t22-/m1/s1. The Kier molecular flexibility index (Phi) is 9.99. The summed E-state index contributed by atoms with van der Waals surface area (Å²) in [6.45, 7) is 6.74. The van der Waals surface area contributed by atoms with Gasteiger partial charge in [0, 0.05) is 17.6 Å². The number of anilines is 1. The van der Waals surface area contributed by atoms with Crippen LogP contribution in [0.25, 0.3) is 0 Å². The Balaban J connectivity index is 2.10. The third-order valence-electron chi connectivity index (χ3n) is 6.22. The van der Waals surface area contributed by atoms with Crippen LogP contribution in [0.15, 0.2) is 77.7 Å². The fourth-order valence-corrected chi connectivity index (χ4v) is 5.65. The van der Waals surface area contributed by atoms with Gasteiger partial charge in [0.15, 0.2) is 0 Å². The molecule has 1 atom stereocenters. The van der Waals surface area contributed by atoms with E-state index in [0.717, 1.165) is 15.4 Å². The number of sulfonamides is 1. The number of hydrogen-bond donors (Lipinski definition) is 1. The lowest BCUT2D eigenvalue weighted by molar-refractivity contribution is -0.139. The molecule has 0 radical (unpaired) electrons. The molecule has 3 aromatic rings. The first-order valence-electron chi connectivity index (χ1n) is 12.5. The van der Waals surface area contributed by atoms with Gasteiger partial charge in [-0.05, 0) is 69.2 Å². The summed E-state index contributed by atoms with van der Waals surface area (Å²) in [6.07, 6.45) is 0. The monoisotopic (exact) mass is 571 g/mol. The molecular formula is C29H34ClN3O5S. The number of rotatable bonds is 11. The summed E-state index contributed by atoms with van der Waals surface area (Å²) < 4.78 is 34.2. The predicted molar refractivity (Wildman–Crippen MR) is 153 cm³/mol. The van der Waals surface area contributed by atoms with Gasteiger partial charge in [-0.25, -0.2) is 8.42 Å². The molecule has 3 rings (SSSR count). The summed E-state index contributed by atoms with van der Waals surface area (Å²) in [4.78, 5) is 28.4. The van der Waals surface area contributed by atoms with Crippen LogP contribution in [0.3, 0.4) is 0 Å². The van der Waals surface area contributed by atoms with Crippen molar-refractivity contribution in [2.75, 3.05) is 18.0 Å². The zero-order chi connectivity index (χ0) is 28.7. The van der Waals surface area contributed by atoms with E-state index in [1.807, 2.05) is 45.0 Å². The number of hydrogen-bond acceptors (Lipinski definition) is 5. The minimum absolute atomic E-state index is 0.00381. The second-order valence-electron chi connectivity index (χ2n) is 9.43. The smallest absolute Gasteiger partial charge is 0.264 e. The van der Waals surface area contributed by atoms with Gasteiger partial charge in [0.1, 0.15) is 18.3 Å². The first-order valence-corrected chi connectivity index (χ1v) is 14.3. The highest BCUT2D eigenvalue weighted by atomic mass is 35.5. The molecule has 0 unspecified atom stereocenters. The number of amides is 2. The van der Waals surface area contributed by atoms with Gasteiger partial charge in [-0.15, -0.1) is 0 Å². The second-order valence-corrected chi connectivity index (χ2v) is 11.7. The molecule has 0 bridgehead atoms. The molecule has 0 saturated carbocycles. The fraction of sp³-hybridized carbons (Fsp3) is 0.310. The van der Waals surface area contributed by atoms with E-state index in [4.69, 9.17) is 16.3 Å². The molecule has 39 heavy (non-hydrogen) atoms. The SMILES string of the molecule is COc1ccc(Cl)cc1N(CC(=O)N(Cc1ccccc1C)[C@H](C)C(=O)NC(C)C)S(=O)(=O)c1ccccc1. The van der Waals surface area contributed by atoms with Crippen molar-refractivity contribution in [2.45, 2.75) is 51.2 Å². The van der Waals surface area contributed by atoms with E-state index >= 15 is 0 Å². The van der Waals surface area contributed by atoms with Crippen LogP contribution in [-0.2, 0) is 26.2 Å². The Bertz CT molecular complexity index is 1410. The van der Waals surface area contributed by atoms with Crippen molar-refractivity contribution in [1.82, 2.24) is 10.2 Å². The minimum Gasteiger partial charge on any atom is -0.495 e. The quantitative estimate of drug-likeness (QED) is 0.357. The van der Waals surface area contributed by atoms with E-state index < -0.39 is 28.5 Å². The van der Waals surface area contributed by atoms with Crippen molar-refractivity contribution in [2.24, 2.45) is 0 Å². The van der Waals surface area contributed by atoms with E-state index in [9.17, 15) is 18.0 Å². The number of methoxy groups -OCH3 is 1. The predicted octanol–water partition coefficient (Wildman–Crippen LogP) is 4.79. The lowest BCUT2D eigenvalue weighted by Crippen LogP contribution is -2.52. The van der Waals surface area contributed by atoms with Gasteiger partial charge in [-0.2, -0.15) is 0 Å². The zero-order valence-corrected chi connectivity index (χ0v) is 24.3. The highest BCUT2D eigenvalue weighted by molar-refractivity contribution is 7.92. The van der Waals surface area contributed by atoms with Crippen LogP contribution in [0, 0.1) is 6.92 Å². The number of carbonyl (C=O) groups excluding carboxylic acids is 2. The summed E-state index contributed by atoms with van der Waals surface area (Å²) >= 11 is 6.25. The summed E-state index contributed by atoms with van der Waals surface area (Å²) in [5.74, 6) is -0.682. The van der Waals surface area contributed by atoms with Gasteiger partial charge in [-0.3, -0.25) is 13.9 Å². The summed E-state index contributed by atoms with van der Waals surface area (Å²) in [7, 11) is -2.82. The van der Waals surface area contributed by atoms with Gasteiger partial charge < -0.3 is 15.0 Å². The van der Waals surface area contributed by atoms with Crippen LogP contribution >= 0.6 is 11.6 Å². The molecule has 1 N–H and O–H groups in total. The van der Waals surface area contributed by atoms with Crippen molar-refractivity contribution in [3.8, 4) is 5.75 Å². The molecular weight excluding hydrogens is 538 g/mol. The number of aryl methyl sites for hydroxylation is 1. The maximum atomic E-state index is 14.0. The van der Waals surface area contributed by atoms with Gasteiger partial charge in [0.2, 0.25) is 11.8 Å². The van der Waals surface area contributed by atoms with E-state index in [2.05, 4.69) is 5.32 Å². The summed E-state index contributed by atoms with van der Waals surface area (Å²) in [5, 5.41) is 3.11. The van der Waals surface area contributed by atoms with E-state index in [1.165, 1.54) is 30.2 Å². The first kappa shape index (κ1) is 30.0. The van der Waals surface area contributed by atoms with Gasteiger partial charge in [0.25, 0.3) is 10.0 Å². The number of carbonyl (C=O) groups is 2.